The minimum Gasteiger partial charge on any atom is -0.465 e. The van der Waals surface area contributed by atoms with E-state index in [1.54, 1.807) is 26.0 Å². The van der Waals surface area contributed by atoms with E-state index >= 15 is 0 Å². The number of carbonyl (C=O) groups is 1. The molecule has 18 heavy (non-hydrogen) atoms. The quantitative estimate of drug-likeness (QED) is 0.737. The lowest BCUT2D eigenvalue weighted by atomic mass is 9.86. The van der Waals surface area contributed by atoms with Crippen molar-refractivity contribution in [1.29, 1.82) is 0 Å². The minimum absolute atomic E-state index is 0.164. The van der Waals surface area contributed by atoms with Crippen LogP contribution in [0, 0.1) is 0 Å². The Morgan fingerprint density at radius 2 is 2.00 bits per heavy atom. The molecule has 0 aromatic carbocycles. The fourth-order valence-electron chi connectivity index (χ4n) is 2.42. The van der Waals surface area contributed by atoms with Crippen LogP contribution in [0.4, 0.5) is 4.79 Å². The first-order valence-corrected chi connectivity index (χ1v) is 5.89. The molecule has 1 atom stereocenters. The molecule has 0 aliphatic carbocycles. The second-order valence-electron chi connectivity index (χ2n) is 5.02. The maximum atomic E-state index is 11.4. The molecule has 102 valence electrons. The first-order valence-electron chi connectivity index (χ1n) is 5.89. The monoisotopic (exact) mass is 255 g/mol. The van der Waals surface area contributed by atoms with Crippen molar-refractivity contribution >= 4 is 6.09 Å². The number of hydrogen-bond donors (Lipinski definition) is 2. The minimum atomic E-state index is -1.23. The van der Waals surface area contributed by atoms with Gasteiger partial charge in [-0.05, 0) is 26.7 Å². The Bertz CT molecular complexity index is 341. The van der Waals surface area contributed by atoms with Gasteiger partial charge in [0.05, 0.1) is 18.2 Å². The molecule has 0 bridgehead atoms. The molecule has 1 aliphatic rings. The van der Waals surface area contributed by atoms with Crippen LogP contribution in [0.1, 0.15) is 26.7 Å². The van der Waals surface area contributed by atoms with Crippen LogP contribution >= 0.6 is 0 Å². The Morgan fingerprint density at radius 1 is 1.50 bits per heavy atom. The van der Waals surface area contributed by atoms with Gasteiger partial charge in [0, 0.05) is 0 Å². The lowest BCUT2D eigenvalue weighted by Gasteiger charge is -2.39. The number of ether oxygens (including phenoxy) is 1. The number of rotatable bonds is 5. The van der Waals surface area contributed by atoms with E-state index in [4.69, 9.17) is 4.74 Å². The summed E-state index contributed by atoms with van der Waals surface area (Å²) in [4.78, 5) is 12.5. The predicted molar refractivity (Wildman–Crippen MR) is 68.3 cm³/mol. The number of nitrogens with zero attached hydrogens (tertiary/aromatic N) is 1. The van der Waals surface area contributed by atoms with Crippen LogP contribution in [0.3, 0.4) is 0 Å². The van der Waals surface area contributed by atoms with E-state index in [0.717, 1.165) is 0 Å². The highest BCUT2D eigenvalue weighted by Crippen LogP contribution is 2.36. The van der Waals surface area contributed by atoms with Crippen LogP contribution in [-0.2, 0) is 4.74 Å². The fourth-order valence-corrected chi connectivity index (χ4v) is 2.42. The van der Waals surface area contributed by atoms with Crippen molar-refractivity contribution in [3.05, 3.63) is 25.3 Å². The number of carboxylic acid groups (broad SMARTS) is 1. The van der Waals surface area contributed by atoms with E-state index in [1.165, 1.54) is 4.90 Å². The number of hydrogen-bond acceptors (Lipinski definition) is 3. The first-order chi connectivity index (χ1) is 8.28. The van der Waals surface area contributed by atoms with Gasteiger partial charge in [-0.25, -0.2) is 4.79 Å². The lowest BCUT2D eigenvalue weighted by molar-refractivity contribution is -0.0616. The lowest BCUT2D eigenvalue weighted by Crippen LogP contribution is -2.56. The molecule has 1 rings (SSSR count). The van der Waals surface area contributed by atoms with Gasteiger partial charge in [-0.3, -0.25) is 4.90 Å². The van der Waals surface area contributed by atoms with Crippen molar-refractivity contribution in [2.24, 2.45) is 0 Å². The van der Waals surface area contributed by atoms with E-state index in [-0.39, 0.29) is 19.4 Å². The van der Waals surface area contributed by atoms with Gasteiger partial charge in [-0.1, -0.05) is 12.2 Å². The van der Waals surface area contributed by atoms with Gasteiger partial charge in [0.1, 0.15) is 5.72 Å². The van der Waals surface area contributed by atoms with Crippen molar-refractivity contribution in [3.63, 3.8) is 0 Å². The second kappa shape index (κ2) is 5.12. The zero-order valence-corrected chi connectivity index (χ0v) is 10.9. The summed E-state index contributed by atoms with van der Waals surface area (Å²) in [5.41, 5.74) is -2.16. The first kappa shape index (κ1) is 14.7. The van der Waals surface area contributed by atoms with Gasteiger partial charge in [0.25, 0.3) is 0 Å². The van der Waals surface area contributed by atoms with Crippen LogP contribution in [0.2, 0.25) is 0 Å². The molecule has 1 saturated heterocycles. The maximum Gasteiger partial charge on any atom is 0.410 e. The SMILES string of the molecule is C=CCC(O)(CC=C)[C@H]1COC(C)(C)N1C(=O)O. The molecule has 5 nitrogen and oxygen atoms in total. The molecular weight excluding hydrogens is 234 g/mol. The Morgan fingerprint density at radius 3 is 2.39 bits per heavy atom. The highest BCUT2D eigenvalue weighted by molar-refractivity contribution is 5.67. The standard InChI is InChI=1S/C13H21NO4/c1-5-7-13(17,8-6-2)10-9-18-12(3,4)14(10)11(15)16/h5-6,10,17H,1-2,7-9H2,3-4H3,(H,15,16)/t10-/m1/s1. The van der Waals surface area contributed by atoms with Crippen molar-refractivity contribution in [3.8, 4) is 0 Å². The van der Waals surface area contributed by atoms with E-state index in [9.17, 15) is 15.0 Å². The third-order valence-electron chi connectivity index (χ3n) is 3.31. The van der Waals surface area contributed by atoms with E-state index in [0.29, 0.717) is 0 Å². The van der Waals surface area contributed by atoms with Crippen LogP contribution in [-0.4, -0.2) is 45.2 Å². The van der Waals surface area contributed by atoms with Crippen LogP contribution in [0.25, 0.3) is 0 Å². The molecule has 0 aromatic rings. The normalized spacial score (nSPS) is 22.8. The highest BCUT2D eigenvalue weighted by Gasteiger charge is 2.52. The Kier molecular flexibility index (Phi) is 4.19. The molecule has 2 N–H and O–H groups in total. The summed E-state index contributed by atoms with van der Waals surface area (Å²) in [5.74, 6) is 0. The smallest absolute Gasteiger partial charge is 0.410 e. The summed E-state index contributed by atoms with van der Waals surface area (Å²) in [5, 5.41) is 19.9. The van der Waals surface area contributed by atoms with Crippen LogP contribution < -0.4 is 0 Å². The van der Waals surface area contributed by atoms with Gasteiger partial charge in [-0.2, -0.15) is 0 Å². The third kappa shape index (κ3) is 2.57. The summed E-state index contributed by atoms with van der Waals surface area (Å²) in [6.45, 7) is 10.7. The van der Waals surface area contributed by atoms with Crippen molar-refractivity contribution in [1.82, 2.24) is 4.90 Å². The zero-order valence-electron chi connectivity index (χ0n) is 10.9. The number of amides is 1. The van der Waals surface area contributed by atoms with Gasteiger partial charge in [0.2, 0.25) is 0 Å². The summed E-state index contributed by atoms with van der Waals surface area (Å²) in [6, 6.07) is -0.624. The van der Waals surface area contributed by atoms with Gasteiger partial charge in [-0.15, -0.1) is 13.2 Å². The zero-order chi connectivity index (χ0) is 14.0. The molecule has 0 aromatic heterocycles. The van der Waals surface area contributed by atoms with Crippen molar-refractivity contribution < 1.29 is 19.7 Å². The van der Waals surface area contributed by atoms with Crippen LogP contribution in [0.5, 0.6) is 0 Å². The average Bonchev–Trinajstić information content (AvgIpc) is 2.55. The molecule has 0 radical (unpaired) electrons. The largest absolute Gasteiger partial charge is 0.465 e. The van der Waals surface area contributed by atoms with E-state index < -0.39 is 23.5 Å². The molecular formula is C13H21NO4. The van der Waals surface area contributed by atoms with E-state index in [1.807, 2.05) is 0 Å². The van der Waals surface area contributed by atoms with Crippen molar-refractivity contribution in [2.45, 2.75) is 44.1 Å². The van der Waals surface area contributed by atoms with Crippen molar-refractivity contribution in [2.75, 3.05) is 6.61 Å². The molecule has 0 saturated carbocycles. The molecule has 5 heteroatoms. The fraction of sp³-hybridized carbons (Fsp3) is 0.615. The van der Waals surface area contributed by atoms with E-state index in [2.05, 4.69) is 13.2 Å². The molecule has 1 amide bonds. The predicted octanol–water partition coefficient (Wildman–Crippen LogP) is 1.98. The van der Waals surface area contributed by atoms with Gasteiger partial charge < -0.3 is 14.9 Å². The van der Waals surface area contributed by atoms with Gasteiger partial charge in [0.15, 0.2) is 0 Å². The summed E-state index contributed by atoms with van der Waals surface area (Å²) < 4.78 is 5.48. The Balaban J connectivity index is 3.08. The summed E-state index contributed by atoms with van der Waals surface area (Å²) in [6.07, 6.45) is 2.62. The Labute approximate surface area is 107 Å². The Hall–Kier alpha value is -1.33. The summed E-state index contributed by atoms with van der Waals surface area (Å²) in [7, 11) is 0. The molecule has 0 spiro atoms. The molecule has 1 heterocycles. The maximum absolute atomic E-state index is 11.4. The molecule has 1 aliphatic heterocycles. The van der Waals surface area contributed by atoms with Gasteiger partial charge >= 0.3 is 6.09 Å². The molecule has 0 unspecified atom stereocenters. The molecule has 1 fully saturated rings. The third-order valence-corrected chi connectivity index (χ3v) is 3.31. The number of aliphatic hydroxyl groups is 1. The van der Waals surface area contributed by atoms with Crippen LogP contribution in [0.15, 0.2) is 25.3 Å². The topological polar surface area (TPSA) is 70.0 Å². The highest BCUT2D eigenvalue weighted by atomic mass is 16.5. The average molecular weight is 255 g/mol. The second-order valence-corrected chi connectivity index (χ2v) is 5.02. The summed E-state index contributed by atoms with van der Waals surface area (Å²) >= 11 is 0.